The van der Waals surface area contributed by atoms with Crippen molar-refractivity contribution in [2.24, 2.45) is 0 Å². The van der Waals surface area contributed by atoms with Gasteiger partial charge in [-0.1, -0.05) is 11.8 Å². The molecule has 9 heteroatoms. The summed E-state index contributed by atoms with van der Waals surface area (Å²) in [5.41, 5.74) is 0.777. The van der Waals surface area contributed by atoms with Crippen molar-refractivity contribution in [3.8, 4) is 0 Å². The van der Waals surface area contributed by atoms with Crippen LogP contribution in [0.5, 0.6) is 0 Å². The summed E-state index contributed by atoms with van der Waals surface area (Å²) in [6.45, 7) is 0. The topological polar surface area (TPSA) is 92.6 Å². The van der Waals surface area contributed by atoms with E-state index in [-0.39, 0.29) is 17.0 Å². The second-order valence-electron chi connectivity index (χ2n) is 4.64. The van der Waals surface area contributed by atoms with Crippen LogP contribution in [0.2, 0.25) is 0 Å². The molecular formula is C13H13N3O4S2. The minimum absolute atomic E-state index is 0.0745. The normalized spacial score (nSPS) is 24.0. The third-order valence-corrected chi connectivity index (χ3v) is 5.65. The molecule has 116 valence electrons. The highest BCUT2D eigenvalue weighted by molar-refractivity contribution is 8.01. The molecule has 1 saturated heterocycles. The van der Waals surface area contributed by atoms with Gasteiger partial charge in [-0.2, -0.15) is 0 Å². The average molecular weight is 339 g/mol. The van der Waals surface area contributed by atoms with E-state index in [1.807, 2.05) is 0 Å². The highest BCUT2D eigenvalue weighted by Crippen LogP contribution is 2.42. The number of aliphatic carboxylic acids is 1. The van der Waals surface area contributed by atoms with Gasteiger partial charge in [0, 0.05) is 31.0 Å². The Labute approximate surface area is 135 Å². The molecule has 3 rings (SSSR count). The van der Waals surface area contributed by atoms with Crippen molar-refractivity contribution in [2.45, 2.75) is 16.6 Å². The first kappa shape index (κ1) is 15.3. The Bertz CT molecular complexity index is 637. The monoisotopic (exact) mass is 339 g/mol. The number of carboxylic acids is 1. The first-order chi connectivity index (χ1) is 10.6. The number of carbonyl (C=O) groups excluding carboxylic acids is 1. The van der Waals surface area contributed by atoms with E-state index in [2.05, 4.69) is 9.97 Å². The fraction of sp³-hybridized carbons (Fsp3) is 0.385. The fourth-order valence-electron chi connectivity index (χ4n) is 2.35. The molecular weight excluding hydrogens is 326 g/mol. The lowest BCUT2D eigenvalue weighted by Crippen LogP contribution is -2.65. The summed E-state index contributed by atoms with van der Waals surface area (Å²) < 4.78 is 5.11. The Morgan fingerprint density at radius 3 is 2.91 bits per heavy atom. The molecule has 0 radical (unpaired) electrons. The highest BCUT2D eigenvalue weighted by Gasteiger charge is 2.53. The van der Waals surface area contributed by atoms with Crippen molar-refractivity contribution in [3.63, 3.8) is 0 Å². The van der Waals surface area contributed by atoms with Gasteiger partial charge in [0.2, 0.25) is 0 Å². The van der Waals surface area contributed by atoms with Crippen LogP contribution in [0.1, 0.15) is 0 Å². The third kappa shape index (κ3) is 2.59. The van der Waals surface area contributed by atoms with Crippen LogP contribution in [0.4, 0.5) is 0 Å². The molecule has 0 unspecified atom stereocenters. The lowest BCUT2D eigenvalue weighted by Gasteiger charge is -2.48. The zero-order chi connectivity index (χ0) is 15.7. The molecule has 1 amide bonds. The van der Waals surface area contributed by atoms with E-state index in [1.54, 1.807) is 18.5 Å². The second-order valence-corrected chi connectivity index (χ2v) is 6.69. The van der Waals surface area contributed by atoms with Crippen molar-refractivity contribution < 1.29 is 19.4 Å². The predicted molar refractivity (Wildman–Crippen MR) is 81.3 cm³/mol. The van der Waals surface area contributed by atoms with Crippen molar-refractivity contribution in [1.29, 1.82) is 0 Å². The molecule has 0 spiro atoms. The van der Waals surface area contributed by atoms with Gasteiger partial charge in [0.25, 0.3) is 5.91 Å². The molecule has 1 fully saturated rings. The third-order valence-electron chi connectivity index (χ3n) is 3.37. The Morgan fingerprint density at radius 1 is 1.55 bits per heavy atom. The van der Waals surface area contributed by atoms with Gasteiger partial charge < -0.3 is 9.84 Å². The number of aromatic nitrogens is 2. The van der Waals surface area contributed by atoms with Gasteiger partial charge in [-0.3, -0.25) is 9.69 Å². The summed E-state index contributed by atoms with van der Waals surface area (Å²) in [6, 6.07) is 1.72. The van der Waals surface area contributed by atoms with Crippen LogP contribution in [-0.4, -0.2) is 61.9 Å². The second kappa shape index (κ2) is 6.27. The molecule has 2 aliphatic rings. The van der Waals surface area contributed by atoms with E-state index in [4.69, 9.17) is 4.74 Å². The molecule has 3 heterocycles. The number of methoxy groups -OCH3 is 1. The summed E-state index contributed by atoms with van der Waals surface area (Å²) in [7, 11) is 1.46. The van der Waals surface area contributed by atoms with E-state index in [0.717, 1.165) is 0 Å². The van der Waals surface area contributed by atoms with E-state index in [9.17, 15) is 14.7 Å². The van der Waals surface area contributed by atoms with Gasteiger partial charge in [-0.25, -0.2) is 14.8 Å². The Kier molecular flexibility index (Phi) is 4.37. The van der Waals surface area contributed by atoms with Gasteiger partial charge in [0.05, 0.1) is 0 Å². The van der Waals surface area contributed by atoms with Crippen molar-refractivity contribution in [1.82, 2.24) is 14.9 Å². The zero-order valence-corrected chi connectivity index (χ0v) is 13.3. The number of fused-ring (bicyclic) bond motifs is 1. The molecule has 0 aromatic carbocycles. The SMILES string of the molecule is CO[C@H]1C(=O)N2C(C(=O)O)=C(CSc3ncccn3)CS[C@H]12. The largest absolute Gasteiger partial charge is 0.477 e. The molecule has 1 aromatic rings. The van der Waals surface area contributed by atoms with Crippen molar-refractivity contribution in [2.75, 3.05) is 18.6 Å². The Balaban J connectivity index is 1.80. The van der Waals surface area contributed by atoms with Gasteiger partial charge in [-0.15, -0.1) is 11.8 Å². The number of rotatable bonds is 5. The standard InChI is InChI=1S/C13H13N3O4S2/c1-20-9-10(17)16-8(12(18)19)7(5-21-11(9)16)6-22-13-14-3-2-4-15-13/h2-4,9,11H,5-6H2,1H3,(H,18,19)/t9-,11+/m0/s1. The van der Waals surface area contributed by atoms with Crippen LogP contribution < -0.4 is 0 Å². The first-order valence-corrected chi connectivity index (χ1v) is 8.49. The lowest BCUT2D eigenvalue weighted by atomic mass is 10.1. The molecule has 2 atom stereocenters. The van der Waals surface area contributed by atoms with E-state index in [0.29, 0.717) is 22.2 Å². The number of ether oxygens (including phenoxy) is 1. The summed E-state index contributed by atoms with van der Waals surface area (Å²) in [5, 5.41) is 9.80. The van der Waals surface area contributed by atoms with Gasteiger partial charge >= 0.3 is 5.97 Å². The molecule has 2 aliphatic heterocycles. The maximum absolute atomic E-state index is 12.0. The van der Waals surface area contributed by atoms with Crippen LogP contribution >= 0.6 is 23.5 Å². The number of thioether (sulfide) groups is 2. The smallest absolute Gasteiger partial charge is 0.352 e. The maximum Gasteiger partial charge on any atom is 0.352 e. The van der Waals surface area contributed by atoms with E-state index >= 15 is 0 Å². The predicted octanol–water partition coefficient (Wildman–Crippen LogP) is 0.837. The molecule has 7 nitrogen and oxygen atoms in total. The number of carboxylic acid groups (broad SMARTS) is 1. The van der Waals surface area contributed by atoms with Crippen LogP contribution in [0.25, 0.3) is 0 Å². The number of β-lactam (4-membered cyclic amide) rings is 1. The number of amides is 1. The number of carbonyl (C=O) groups is 2. The van der Waals surface area contributed by atoms with Gasteiger partial charge in [0.15, 0.2) is 11.3 Å². The van der Waals surface area contributed by atoms with Crippen LogP contribution in [0.3, 0.4) is 0 Å². The van der Waals surface area contributed by atoms with Crippen LogP contribution in [0.15, 0.2) is 34.9 Å². The van der Waals surface area contributed by atoms with Crippen LogP contribution in [-0.2, 0) is 14.3 Å². The zero-order valence-electron chi connectivity index (χ0n) is 11.6. The molecule has 0 saturated carbocycles. The molecule has 1 N–H and O–H groups in total. The summed E-state index contributed by atoms with van der Waals surface area (Å²) in [4.78, 5) is 33.1. The minimum Gasteiger partial charge on any atom is -0.477 e. The number of hydrogen-bond donors (Lipinski definition) is 1. The minimum atomic E-state index is -1.09. The maximum atomic E-state index is 12.0. The molecule has 22 heavy (non-hydrogen) atoms. The van der Waals surface area contributed by atoms with Gasteiger partial charge in [0.1, 0.15) is 11.1 Å². The summed E-state index contributed by atoms with van der Waals surface area (Å²) in [5.74, 6) is -0.393. The average Bonchev–Trinajstić information content (AvgIpc) is 2.53. The Hall–Kier alpha value is -1.58. The van der Waals surface area contributed by atoms with Crippen LogP contribution in [0, 0.1) is 0 Å². The van der Waals surface area contributed by atoms with Crippen molar-refractivity contribution >= 4 is 35.4 Å². The quantitative estimate of drug-likeness (QED) is 0.479. The van der Waals surface area contributed by atoms with E-state index in [1.165, 1.54) is 35.5 Å². The van der Waals surface area contributed by atoms with E-state index < -0.39 is 12.1 Å². The molecule has 0 bridgehead atoms. The first-order valence-electron chi connectivity index (χ1n) is 6.46. The fourth-order valence-corrected chi connectivity index (χ4v) is 4.67. The number of hydrogen-bond acceptors (Lipinski definition) is 7. The Morgan fingerprint density at radius 2 is 2.27 bits per heavy atom. The molecule has 1 aromatic heterocycles. The number of nitrogens with zero attached hydrogens (tertiary/aromatic N) is 3. The lowest BCUT2D eigenvalue weighted by molar-refractivity contribution is -0.162. The summed E-state index contributed by atoms with van der Waals surface area (Å²) >= 11 is 2.88. The highest BCUT2D eigenvalue weighted by atomic mass is 32.2. The summed E-state index contributed by atoms with van der Waals surface area (Å²) in [6.07, 6.45) is 2.72. The van der Waals surface area contributed by atoms with Gasteiger partial charge in [-0.05, 0) is 11.6 Å². The molecule has 0 aliphatic carbocycles. The van der Waals surface area contributed by atoms with Crippen molar-refractivity contribution in [3.05, 3.63) is 29.7 Å².